The van der Waals surface area contributed by atoms with Gasteiger partial charge >= 0.3 is 31.8 Å². The average molecular weight is 1570 g/mol. The highest BCUT2D eigenvalue weighted by Gasteiger charge is 2.37. The first-order valence-corrected chi connectivity index (χ1v) is 44.0. The molecule has 3 aromatic carbocycles. The van der Waals surface area contributed by atoms with Crippen LogP contribution in [0, 0.1) is 0 Å². The van der Waals surface area contributed by atoms with E-state index in [0.29, 0.717) is 45.8 Å². The van der Waals surface area contributed by atoms with Crippen LogP contribution in [-0.4, -0.2) is 154 Å². The number of esters is 2. The summed E-state index contributed by atoms with van der Waals surface area (Å²) in [7, 11) is -12.1. The molecule has 0 aliphatic carbocycles. The lowest BCUT2D eigenvalue weighted by molar-refractivity contribution is -0.161. The van der Waals surface area contributed by atoms with Crippen LogP contribution in [-0.2, 0) is 62.4 Å². The zero-order chi connectivity index (χ0) is 78.8. The number of alkyl carbamates (subject to hydrolysis) is 1. The molecule has 108 heavy (non-hydrogen) atoms. The summed E-state index contributed by atoms with van der Waals surface area (Å²) in [6, 6.07) is 10.6. The van der Waals surface area contributed by atoms with Gasteiger partial charge in [0.05, 0.1) is 49.2 Å². The molecule has 0 saturated heterocycles. The Labute approximate surface area is 640 Å². The van der Waals surface area contributed by atoms with Crippen LogP contribution in [0.4, 0.5) is 10.5 Å². The minimum absolute atomic E-state index is 0.0517. The zero-order valence-electron chi connectivity index (χ0n) is 64.9. The number of amides is 2. The molecule has 25 nitrogen and oxygen atoms in total. The van der Waals surface area contributed by atoms with E-state index in [2.05, 4.69) is 29.8 Å². The summed E-state index contributed by atoms with van der Waals surface area (Å²) < 4.78 is 124. The number of hydrogen-bond acceptors (Lipinski definition) is 18. The van der Waals surface area contributed by atoms with Crippen LogP contribution in [0.1, 0.15) is 290 Å². The van der Waals surface area contributed by atoms with Gasteiger partial charge in [-0.3, -0.25) is 32.5 Å². The Morgan fingerprint density at radius 3 is 1.62 bits per heavy atom. The number of carboxylic acid groups (broad SMARTS) is 1. The smallest absolute Gasteiger partial charge is 0.472 e. The third-order valence-corrected chi connectivity index (χ3v) is 21.9. The van der Waals surface area contributed by atoms with Crippen LogP contribution < -0.4 is 35.8 Å². The molecule has 0 fully saturated rings. The molecule has 0 radical (unpaired) electrons. The third kappa shape index (κ3) is 32.4. The maximum Gasteiger partial charge on any atom is 0.472 e. The lowest BCUT2D eigenvalue weighted by atomic mass is 9.84. The summed E-state index contributed by atoms with van der Waals surface area (Å²) in [6.07, 6.45) is 37.1. The molecular formula is C80H122N4O21PS2+. The molecule has 0 bridgehead atoms. The summed E-state index contributed by atoms with van der Waals surface area (Å²) in [6.45, 7) is 9.58. The summed E-state index contributed by atoms with van der Waals surface area (Å²) >= 11 is 0. The lowest BCUT2D eigenvalue weighted by Crippen LogP contribution is -2.47. The Bertz CT molecular complexity index is 3950. The number of ether oxygens (including phenoxy) is 5. The second kappa shape index (κ2) is 45.7. The fourth-order valence-electron chi connectivity index (χ4n) is 13.8. The minimum atomic E-state index is -4.78. The van der Waals surface area contributed by atoms with Crippen molar-refractivity contribution in [3.05, 3.63) is 98.6 Å². The topological polar surface area (TPSA) is 355 Å². The first-order chi connectivity index (χ1) is 51.4. The first kappa shape index (κ1) is 90.3. The van der Waals surface area contributed by atoms with E-state index in [1.54, 1.807) is 43.5 Å². The van der Waals surface area contributed by atoms with Crippen LogP contribution in [0.15, 0.2) is 54.6 Å². The third-order valence-electron chi connectivity index (χ3n) is 19.6. The van der Waals surface area contributed by atoms with E-state index < -0.39 is 99.9 Å². The van der Waals surface area contributed by atoms with Crippen LogP contribution in [0.2, 0.25) is 0 Å². The fourth-order valence-corrected chi connectivity index (χ4v) is 15.8. The summed E-state index contributed by atoms with van der Waals surface area (Å²) in [5.41, 5.74) is 0.433. The second-order valence-electron chi connectivity index (χ2n) is 29.9. The number of carboxylic acids is 1. The van der Waals surface area contributed by atoms with Gasteiger partial charge in [-0.15, -0.1) is 0 Å². The van der Waals surface area contributed by atoms with E-state index in [1.807, 2.05) is 32.3 Å². The Morgan fingerprint density at radius 2 is 1.08 bits per heavy atom. The van der Waals surface area contributed by atoms with Crippen LogP contribution >= 0.6 is 7.82 Å². The highest BCUT2D eigenvalue weighted by atomic mass is 32.2. The number of carbonyl (C=O) groups is 5. The number of anilines is 1. The van der Waals surface area contributed by atoms with E-state index in [4.69, 9.17) is 32.7 Å². The van der Waals surface area contributed by atoms with Gasteiger partial charge in [0, 0.05) is 79.0 Å². The number of likely N-dealkylation sites (N-methyl/N-ethyl adjacent to an activating group) is 1. The van der Waals surface area contributed by atoms with Gasteiger partial charge in [-0.1, -0.05) is 206 Å². The molecule has 0 aromatic heterocycles. The number of carbonyl (C=O) groups excluding carboxylic acids is 4. The second-order valence-corrected chi connectivity index (χ2v) is 34.2. The molecule has 6 rings (SSSR count). The molecule has 0 saturated carbocycles. The minimum Gasteiger partial charge on any atom is -0.478 e. The molecular weight excluding hydrogens is 1450 g/mol. The molecule has 3 aromatic rings. The number of aromatic carboxylic acids is 1. The summed E-state index contributed by atoms with van der Waals surface area (Å²) in [5.74, 6) is -4.15. The molecule has 1 unspecified atom stereocenters. The number of nitrogens with zero attached hydrogens (tertiary/aromatic N) is 1. The van der Waals surface area contributed by atoms with E-state index in [9.17, 15) is 64.5 Å². The predicted octanol–water partition coefficient (Wildman–Crippen LogP) is 15.0. The van der Waals surface area contributed by atoms with Gasteiger partial charge in [-0.2, -0.15) is 16.8 Å². The number of fused-ring (bicyclic) bond motifs is 4. The van der Waals surface area contributed by atoms with Crippen molar-refractivity contribution >= 4 is 80.4 Å². The van der Waals surface area contributed by atoms with Crippen molar-refractivity contribution in [1.29, 1.82) is 0 Å². The van der Waals surface area contributed by atoms with Gasteiger partial charge in [0.2, 0.25) is 5.36 Å². The molecule has 0 spiro atoms. The van der Waals surface area contributed by atoms with Gasteiger partial charge in [-0.25, -0.2) is 18.7 Å². The van der Waals surface area contributed by atoms with E-state index in [0.717, 1.165) is 44.9 Å². The normalized spacial score (nSPS) is 15.0. The highest BCUT2D eigenvalue weighted by Crippen LogP contribution is 2.46. The SMILES string of the molecule is CCCCCCCCCCCCCCCCCC(=O)OC[C@H](COP(=O)(O)OCCNC(=O)OCCOCCNC(=O)c1ccc(C2=c3cc4c(cc3Oc3cc5c(cc32)C(CS(=O)(=O)O)=CC(C)(C)N5)=[N+](C)C(C)(C)C=C4CS(=O)(=O)O)c(C(=O)O)c1)OC(=O)CCCCCCCCCCCCCCCCC. The number of phosphoric acid groups is 1. The number of phosphoric ester groups is 1. The van der Waals surface area contributed by atoms with E-state index >= 15 is 0 Å². The number of nitrogens with one attached hydrogen (secondary N) is 3. The predicted molar refractivity (Wildman–Crippen MR) is 419 cm³/mol. The van der Waals surface area contributed by atoms with Gasteiger partial charge in [0.15, 0.2) is 11.6 Å². The van der Waals surface area contributed by atoms with Crippen molar-refractivity contribution in [2.45, 2.75) is 264 Å². The van der Waals surface area contributed by atoms with Crippen molar-refractivity contribution in [3.8, 4) is 11.5 Å². The Morgan fingerprint density at radius 1 is 0.565 bits per heavy atom. The Hall–Kier alpha value is -6.55. The number of rotatable bonds is 55. The number of benzene rings is 3. The molecule has 28 heteroatoms. The number of unbranched alkanes of at least 4 members (excludes halogenated alkanes) is 28. The lowest BCUT2D eigenvalue weighted by Gasteiger charge is -2.34. The molecule has 3 aliphatic rings. The molecule has 2 amide bonds. The van der Waals surface area contributed by atoms with Crippen LogP contribution in [0.25, 0.3) is 16.7 Å². The van der Waals surface area contributed by atoms with Gasteiger partial charge in [0.25, 0.3) is 26.1 Å². The maximum atomic E-state index is 13.7. The Balaban J connectivity index is 0.963. The highest BCUT2D eigenvalue weighted by molar-refractivity contribution is 7.86. The van der Waals surface area contributed by atoms with Crippen molar-refractivity contribution < 1.29 is 97.2 Å². The Kier molecular flexibility index (Phi) is 38.2. The molecule has 2 atom stereocenters. The van der Waals surface area contributed by atoms with Gasteiger partial charge < -0.3 is 49.6 Å². The van der Waals surface area contributed by atoms with Gasteiger partial charge in [0.1, 0.15) is 43.3 Å². The largest absolute Gasteiger partial charge is 0.478 e. The van der Waals surface area contributed by atoms with E-state index in [-0.39, 0.29) is 97.3 Å². The van der Waals surface area contributed by atoms with E-state index in [1.165, 1.54) is 153 Å². The molecule has 604 valence electrons. The summed E-state index contributed by atoms with van der Waals surface area (Å²) in [5, 5.41) is 20.2. The van der Waals surface area contributed by atoms with Crippen molar-refractivity contribution in [2.24, 2.45) is 0 Å². The van der Waals surface area contributed by atoms with Crippen molar-refractivity contribution in [2.75, 3.05) is 76.6 Å². The average Bonchev–Trinajstić information content (AvgIpc) is 0.719. The van der Waals surface area contributed by atoms with Crippen molar-refractivity contribution in [1.82, 2.24) is 15.2 Å². The zero-order valence-corrected chi connectivity index (χ0v) is 67.4. The van der Waals surface area contributed by atoms with Gasteiger partial charge in [-0.05, 0) is 73.7 Å². The monoisotopic (exact) mass is 1570 g/mol. The van der Waals surface area contributed by atoms with Crippen LogP contribution in [0.3, 0.4) is 0 Å². The maximum absolute atomic E-state index is 13.7. The quantitative estimate of drug-likeness (QED) is 0.00539. The number of hydrogen-bond donors (Lipinski definition) is 7. The molecule has 7 N–H and O–H groups in total. The molecule has 3 heterocycles. The van der Waals surface area contributed by atoms with Crippen molar-refractivity contribution in [3.63, 3.8) is 0 Å². The summed E-state index contributed by atoms with van der Waals surface area (Å²) in [4.78, 5) is 76.0. The standard InChI is InChI=1S/C80H121N4O21PS2/c1-8-10-12-14-16-18-20-22-24-26-28-30-32-34-36-38-73(85)101-55-62(104-74(86)39-37-35-33-31-29-27-25-23-21-19-17-15-13-11-9-2)56-103-106(91,92)102-45-43-82-78(90)100-47-46-99-44-42-81-76(87)59-40-41-63(66(48-59)77(88)89)75-67-49-64-60(57-107(93,94)95)53-79(3,4)83-69(64)51-71(67)105-72-52-70-65(50-68(72)75)61(58-108(96,97)98)54-80(5,6)84(70)7/h40-41,48-54,62H,8-39,42-47,55-58H2,1-7H3,(H6,81,82,87,88,89,90,91,92,93,94,95,96,97,98)/p+1/t62-/m1/s1. The fraction of sp³-hybridized carbons (Fsp3) is 0.650. The van der Waals surface area contributed by atoms with Crippen LogP contribution in [0.5, 0.6) is 11.5 Å². The first-order valence-electron chi connectivity index (χ1n) is 39.3. The molecule has 3 aliphatic heterocycles.